The Morgan fingerprint density at radius 2 is 2.43 bits per heavy atom. The lowest BCUT2D eigenvalue weighted by atomic mass is 10.2. The van der Waals surface area contributed by atoms with Gasteiger partial charge in [0.05, 0.1) is 13.2 Å². The Labute approximate surface area is 85.6 Å². The summed E-state index contributed by atoms with van der Waals surface area (Å²) in [6.45, 7) is 5.21. The first-order chi connectivity index (χ1) is 6.74. The Balaban J connectivity index is 2.15. The number of rotatable bonds is 4. The van der Waals surface area contributed by atoms with E-state index < -0.39 is 0 Å². The minimum atomic E-state index is 0.210. The number of nitrogens with zero attached hydrogens (tertiary/aromatic N) is 1. The van der Waals surface area contributed by atoms with Crippen molar-refractivity contribution >= 4 is 5.91 Å². The molecule has 1 unspecified atom stereocenters. The minimum Gasteiger partial charge on any atom is -0.379 e. The van der Waals surface area contributed by atoms with Crippen LogP contribution < -0.4 is 5.32 Å². The fourth-order valence-electron chi connectivity index (χ4n) is 1.55. The Hall–Kier alpha value is -0.610. The van der Waals surface area contributed by atoms with E-state index in [9.17, 15) is 4.79 Å². The first kappa shape index (κ1) is 11.5. The van der Waals surface area contributed by atoms with Crippen molar-refractivity contribution in [3.05, 3.63) is 0 Å². The summed E-state index contributed by atoms with van der Waals surface area (Å²) in [4.78, 5) is 13.0. The average Bonchev–Trinajstić information content (AvgIpc) is 2.26. The van der Waals surface area contributed by atoms with Gasteiger partial charge in [-0.1, -0.05) is 6.92 Å². The van der Waals surface area contributed by atoms with Crippen molar-refractivity contribution in [2.45, 2.75) is 25.8 Å². The van der Waals surface area contributed by atoms with Crippen molar-refractivity contribution < 1.29 is 9.53 Å². The SMILES string of the molecule is CCC(=O)N(C)CCC1COCCN1. The molecule has 0 radical (unpaired) electrons. The van der Waals surface area contributed by atoms with Crippen LogP contribution in [0.4, 0.5) is 0 Å². The van der Waals surface area contributed by atoms with Crippen LogP contribution in [0.5, 0.6) is 0 Å². The van der Waals surface area contributed by atoms with Crippen molar-refractivity contribution in [3.8, 4) is 0 Å². The molecule has 0 aliphatic carbocycles. The van der Waals surface area contributed by atoms with Crippen LogP contribution in [-0.4, -0.2) is 50.2 Å². The van der Waals surface area contributed by atoms with Crippen LogP contribution in [-0.2, 0) is 9.53 Å². The number of ether oxygens (including phenoxy) is 1. The second kappa shape index (κ2) is 5.98. The number of morpholine rings is 1. The molecule has 1 heterocycles. The predicted molar refractivity (Wildman–Crippen MR) is 55.2 cm³/mol. The van der Waals surface area contributed by atoms with Gasteiger partial charge in [-0.3, -0.25) is 4.79 Å². The molecule has 1 atom stereocenters. The molecule has 4 nitrogen and oxygen atoms in total. The molecule has 1 saturated heterocycles. The molecular formula is C10H20N2O2. The number of hydrogen-bond acceptors (Lipinski definition) is 3. The molecule has 1 rings (SSSR count). The van der Waals surface area contributed by atoms with Crippen LogP contribution in [0.3, 0.4) is 0 Å². The summed E-state index contributed by atoms with van der Waals surface area (Å²) in [5.74, 6) is 0.210. The monoisotopic (exact) mass is 200 g/mol. The van der Waals surface area contributed by atoms with E-state index in [2.05, 4.69) is 5.32 Å². The van der Waals surface area contributed by atoms with E-state index in [1.54, 1.807) is 4.90 Å². The van der Waals surface area contributed by atoms with Crippen molar-refractivity contribution in [3.63, 3.8) is 0 Å². The quantitative estimate of drug-likeness (QED) is 0.706. The molecule has 0 aromatic heterocycles. The molecule has 0 bridgehead atoms. The Morgan fingerprint density at radius 3 is 3.00 bits per heavy atom. The lowest BCUT2D eigenvalue weighted by Gasteiger charge is -2.26. The van der Waals surface area contributed by atoms with E-state index in [0.29, 0.717) is 12.5 Å². The summed E-state index contributed by atoms with van der Waals surface area (Å²) >= 11 is 0. The van der Waals surface area contributed by atoms with E-state index in [4.69, 9.17) is 4.74 Å². The van der Waals surface area contributed by atoms with Gasteiger partial charge in [0.25, 0.3) is 0 Å². The number of hydrogen-bond donors (Lipinski definition) is 1. The predicted octanol–water partition coefficient (Wildman–Crippen LogP) is 0.233. The summed E-state index contributed by atoms with van der Waals surface area (Å²) in [5.41, 5.74) is 0. The van der Waals surface area contributed by atoms with Crippen molar-refractivity contribution in [1.82, 2.24) is 10.2 Å². The van der Waals surface area contributed by atoms with Gasteiger partial charge in [0.2, 0.25) is 5.91 Å². The van der Waals surface area contributed by atoms with Crippen molar-refractivity contribution in [2.75, 3.05) is 33.4 Å². The molecular weight excluding hydrogens is 180 g/mol. The van der Waals surface area contributed by atoms with Gasteiger partial charge in [-0.2, -0.15) is 0 Å². The van der Waals surface area contributed by atoms with Crippen molar-refractivity contribution in [1.29, 1.82) is 0 Å². The van der Waals surface area contributed by atoms with E-state index in [1.165, 1.54) is 0 Å². The minimum absolute atomic E-state index is 0.210. The summed E-state index contributed by atoms with van der Waals surface area (Å²) in [7, 11) is 1.86. The molecule has 1 aliphatic rings. The second-order valence-corrected chi connectivity index (χ2v) is 3.68. The van der Waals surface area contributed by atoms with E-state index in [-0.39, 0.29) is 5.91 Å². The summed E-state index contributed by atoms with van der Waals surface area (Å²) in [6, 6.07) is 0.413. The third kappa shape index (κ3) is 3.64. The standard InChI is InChI=1S/C10H20N2O2/c1-3-10(13)12(2)6-4-9-8-14-7-5-11-9/h9,11H,3-8H2,1-2H3. The van der Waals surface area contributed by atoms with E-state index in [0.717, 1.165) is 32.7 Å². The molecule has 0 saturated carbocycles. The lowest BCUT2D eigenvalue weighted by Crippen LogP contribution is -2.43. The molecule has 82 valence electrons. The highest BCUT2D eigenvalue weighted by atomic mass is 16.5. The maximum Gasteiger partial charge on any atom is 0.222 e. The largest absolute Gasteiger partial charge is 0.379 e. The topological polar surface area (TPSA) is 41.6 Å². The molecule has 4 heteroatoms. The van der Waals surface area contributed by atoms with Gasteiger partial charge in [0, 0.05) is 32.6 Å². The fourth-order valence-corrected chi connectivity index (χ4v) is 1.55. The first-order valence-corrected chi connectivity index (χ1v) is 5.29. The Bertz CT molecular complexity index is 179. The van der Waals surface area contributed by atoms with Crippen LogP contribution >= 0.6 is 0 Å². The Kier molecular flexibility index (Phi) is 4.90. The molecule has 1 N–H and O–H groups in total. The van der Waals surface area contributed by atoms with Crippen LogP contribution in [0, 0.1) is 0 Å². The highest BCUT2D eigenvalue weighted by molar-refractivity contribution is 5.75. The Morgan fingerprint density at radius 1 is 1.64 bits per heavy atom. The van der Waals surface area contributed by atoms with Crippen LogP contribution in [0.2, 0.25) is 0 Å². The highest BCUT2D eigenvalue weighted by Gasteiger charge is 2.14. The maximum atomic E-state index is 11.3. The number of carbonyl (C=O) groups is 1. The summed E-state index contributed by atoms with van der Waals surface area (Å²) in [5, 5.41) is 3.37. The van der Waals surface area contributed by atoms with Gasteiger partial charge >= 0.3 is 0 Å². The third-order valence-electron chi connectivity index (χ3n) is 2.54. The van der Waals surface area contributed by atoms with Crippen molar-refractivity contribution in [2.24, 2.45) is 0 Å². The smallest absolute Gasteiger partial charge is 0.222 e. The average molecular weight is 200 g/mol. The van der Waals surface area contributed by atoms with Gasteiger partial charge in [-0.25, -0.2) is 0 Å². The summed E-state index contributed by atoms with van der Waals surface area (Å²) < 4.78 is 5.34. The van der Waals surface area contributed by atoms with E-state index >= 15 is 0 Å². The lowest BCUT2D eigenvalue weighted by molar-refractivity contribution is -0.129. The number of nitrogens with one attached hydrogen (secondary N) is 1. The molecule has 14 heavy (non-hydrogen) atoms. The number of amides is 1. The zero-order chi connectivity index (χ0) is 10.4. The molecule has 1 amide bonds. The van der Waals surface area contributed by atoms with Crippen LogP contribution in [0.25, 0.3) is 0 Å². The van der Waals surface area contributed by atoms with Crippen LogP contribution in [0.1, 0.15) is 19.8 Å². The summed E-state index contributed by atoms with van der Waals surface area (Å²) in [6.07, 6.45) is 1.56. The fraction of sp³-hybridized carbons (Fsp3) is 0.900. The van der Waals surface area contributed by atoms with Gasteiger partial charge < -0.3 is 15.0 Å². The molecule has 1 aliphatic heterocycles. The first-order valence-electron chi connectivity index (χ1n) is 5.29. The number of carbonyl (C=O) groups excluding carboxylic acids is 1. The molecule has 0 aromatic rings. The normalized spacial score (nSPS) is 22.0. The highest BCUT2D eigenvalue weighted by Crippen LogP contribution is 2.00. The van der Waals surface area contributed by atoms with Gasteiger partial charge in [-0.05, 0) is 6.42 Å². The van der Waals surface area contributed by atoms with Gasteiger partial charge in [0.1, 0.15) is 0 Å². The third-order valence-corrected chi connectivity index (χ3v) is 2.54. The maximum absolute atomic E-state index is 11.3. The second-order valence-electron chi connectivity index (χ2n) is 3.68. The zero-order valence-corrected chi connectivity index (χ0v) is 9.08. The zero-order valence-electron chi connectivity index (χ0n) is 9.08. The molecule has 1 fully saturated rings. The van der Waals surface area contributed by atoms with Gasteiger partial charge in [-0.15, -0.1) is 0 Å². The molecule has 0 aromatic carbocycles. The van der Waals surface area contributed by atoms with Gasteiger partial charge in [0.15, 0.2) is 0 Å². The molecule has 0 spiro atoms. The van der Waals surface area contributed by atoms with E-state index in [1.807, 2.05) is 14.0 Å². The van der Waals surface area contributed by atoms with Crippen LogP contribution in [0.15, 0.2) is 0 Å².